The zero-order chi connectivity index (χ0) is 13.5. The van der Waals surface area contributed by atoms with E-state index in [-0.39, 0.29) is 0 Å². The fraction of sp³-hybridized carbons (Fsp3) is 0.333. The van der Waals surface area contributed by atoms with E-state index in [9.17, 15) is 0 Å². The van der Waals surface area contributed by atoms with Gasteiger partial charge in [0.1, 0.15) is 5.69 Å². The molecule has 0 aliphatic rings. The van der Waals surface area contributed by atoms with E-state index in [1.165, 1.54) is 0 Å². The maximum atomic E-state index is 4.42. The third-order valence-electron chi connectivity index (χ3n) is 2.77. The van der Waals surface area contributed by atoms with Crippen LogP contribution in [0.4, 0.5) is 0 Å². The molecule has 0 spiro atoms. The van der Waals surface area contributed by atoms with Gasteiger partial charge < -0.3 is 5.32 Å². The first-order valence-corrected chi connectivity index (χ1v) is 6.69. The molecule has 0 aliphatic heterocycles. The minimum atomic E-state index is 0.349. The quantitative estimate of drug-likeness (QED) is 0.864. The molecule has 0 bridgehead atoms. The highest BCUT2D eigenvalue weighted by molar-refractivity contribution is 5.44. The summed E-state index contributed by atoms with van der Waals surface area (Å²) in [6, 6.07) is 10.3. The summed E-state index contributed by atoms with van der Waals surface area (Å²) in [5, 5.41) is 12.1. The van der Waals surface area contributed by atoms with Crippen molar-refractivity contribution < 1.29 is 0 Å². The molecule has 1 atom stereocenters. The Morgan fingerprint density at radius 3 is 2.84 bits per heavy atom. The summed E-state index contributed by atoms with van der Waals surface area (Å²) in [5.41, 5.74) is 1.84. The van der Waals surface area contributed by atoms with Crippen LogP contribution in [-0.2, 0) is 0 Å². The molecular weight excluding hydrogens is 236 g/mol. The zero-order valence-electron chi connectivity index (χ0n) is 11.5. The lowest BCUT2D eigenvalue weighted by Gasteiger charge is -2.06. The Labute approximate surface area is 114 Å². The molecule has 0 amide bonds. The molecule has 2 rings (SSSR count). The standard InChI is InChI=1S/C15H20N4/c1-3-11-16-13(2)9-10-14-12-17-19(18-14)15-7-5-4-6-8-15/h4-10,12-13,16H,3,11H2,1-2H3/b10-9+. The van der Waals surface area contributed by atoms with Crippen LogP contribution in [0.25, 0.3) is 11.8 Å². The van der Waals surface area contributed by atoms with Gasteiger partial charge in [0.25, 0.3) is 0 Å². The molecule has 4 nitrogen and oxygen atoms in total. The average Bonchev–Trinajstić information content (AvgIpc) is 2.93. The first kappa shape index (κ1) is 13.5. The van der Waals surface area contributed by atoms with Crippen molar-refractivity contribution in [2.45, 2.75) is 26.3 Å². The molecule has 1 aromatic heterocycles. The lowest BCUT2D eigenvalue weighted by atomic mass is 10.2. The van der Waals surface area contributed by atoms with Gasteiger partial charge in [-0.05, 0) is 38.1 Å². The summed E-state index contributed by atoms with van der Waals surface area (Å²) >= 11 is 0. The van der Waals surface area contributed by atoms with Crippen molar-refractivity contribution >= 4 is 6.08 Å². The third-order valence-corrected chi connectivity index (χ3v) is 2.77. The van der Waals surface area contributed by atoms with E-state index in [0.29, 0.717) is 6.04 Å². The van der Waals surface area contributed by atoms with Crippen LogP contribution in [-0.4, -0.2) is 27.6 Å². The third kappa shape index (κ3) is 4.03. The summed E-state index contributed by atoms with van der Waals surface area (Å²) in [4.78, 5) is 1.64. The predicted molar refractivity (Wildman–Crippen MR) is 78.1 cm³/mol. The first-order valence-electron chi connectivity index (χ1n) is 6.69. The van der Waals surface area contributed by atoms with Crippen LogP contribution >= 0.6 is 0 Å². The monoisotopic (exact) mass is 256 g/mol. The second kappa shape index (κ2) is 6.85. The zero-order valence-corrected chi connectivity index (χ0v) is 11.5. The van der Waals surface area contributed by atoms with Crippen LogP contribution in [0.15, 0.2) is 42.6 Å². The van der Waals surface area contributed by atoms with Crippen molar-refractivity contribution in [1.82, 2.24) is 20.3 Å². The Kier molecular flexibility index (Phi) is 4.86. The van der Waals surface area contributed by atoms with Gasteiger partial charge in [-0.3, -0.25) is 0 Å². The summed E-state index contributed by atoms with van der Waals surface area (Å²) in [6.07, 6.45) is 7.02. The van der Waals surface area contributed by atoms with Crippen LogP contribution in [0.3, 0.4) is 0 Å². The lowest BCUT2D eigenvalue weighted by Crippen LogP contribution is -2.24. The fourth-order valence-electron chi connectivity index (χ4n) is 1.72. The number of benzene rings is 1. The normalized spacial score (nSPS) is 12.9. The molecular formula is C15H20N4. The molecule has 1 N–H and O–H groups in total. The number of para-hydroxylation sites is 1. The van der Waals surface area contributed by atoms with E-state index >= 15 is 0 Å². The molecule has 100 valence electrons. The molecule has 19 heavy (non-hydrogen) atoms. The number of hydrogen-bond acceptors (Lipinski definition) is 3. The van der Waals surface area contributed by atoms with Crippen molar-refractivity contribution in [2.75, 3.05) is 6.54 Å². The molecule has 1 unspecified atom stereocenters. The predicted octanol–water partition coefficient (Wildman–Crippen LogP) is 2.67. The SMILES string of the molecule is CCCNC(C)/C=C/c1cnn(-c2ccccc2)n1. The smallest absolute Gasteiger partial charge is 0.106 e. The summed E-state index contributed by atoms with van der Waals surface area (Å²) in [5.74, 6) is 0. The molecule has 0 saturated heterocycles. The van der Waals surface area contributed by atoms with Crippen molar-refractivity contribution in [2.24, 2.45) is 0 Å². The Morgan fingerprint density at radius 2 is 2.11 bits per heavy atom. The van der Waals surface area contributed by atoms with Crippen molar-refractivity contribution in [3.63, 3.8) is 0 Å². The molecule has 0 fully saturated rings. The van der Waals surface area contributed by atoms with E-state index in [4.69, 9.17) is 0 Å². The Morgan fingerprint density at radius 1 is 1.32 bits per heavy atom. The van der Waals surface area contributed by atoms with Crippen LogP contribution in [0.5, 0.6) is 0 Å². The van der Waals surface area contributed by atoms with Gasteiger partial charge in [0, 0.05) is 6.04 Å². The highest BCUT2D eigenvalue weighted by atomic mass is 15.5. The Hall–Kier alpha value is -1.94. The summed E-state index contributed by atoms with van der Waals surface area (Å²) in [7, 11) is 0. The topological polar surface area (TPSA) is 42.7 Å². The molecule has 0 aliphatic carbocycles. The van der Waals surface area contributed by atoms with Crippen molar-refractivity contribution in [3.8, 4) is 5.69 Å². The van der Waals surface area contributed by atoms with Gasteiger partial charge in [0.2, 0.25) is 0 Å². The molecule has 4 heteroatoms. The van der Waals surface area contributed by atoms with Crippen LogP contribution in [0.1, 0.15) is 26.0 Å². The number of nitrogens with one attached hydrogen (secondary N) is 1. The molecule has 1 aromatic carbocycles. The Balaban J connectivity index is 2.00. The second-order valence-electron chi connectivity index (χ2n) is 4.50. The minimum absolute atomic E-state index is 0.349. The van der Waals surface area contributed by atoms with Crippen LogP contribution < -0.4 is 5.32 Å². The van der Waals surface area contributed by atoms with Gasteiger partial charge in [-0.15, -0.1) is 5.10 Å². The van der Waals surface area contributed by atoms with Gasteiger partial charge in [-0.1, -0.05) is 31.2 Å². The van der Waals surface area contributed by atoms with E-state index in [0.717, 1.165) is 24.3 Å². The van der Waals surface area contributed by atoms with E-state index in [1.807, 2.05) is 36.4 Å². The highest BCUT2D eigenvalue weighted by Crippen LogP contribution is 2.05. The maximum Gasteiger partial charge on any atom is 0.106 e. The number of rotatable bonds is 6. The Bertz CT molecular complexity index is 516. The minimum Gasteiger partial charge on any atom is -0.311 e. The first-order chi connectivity index (χ1) is 9.29. The van der Waals surface area contributed by atoms with Gasteiger partial charge in [-0.2, -0.15) is 9.90 Å². The molecule has 0 saturated carbocycles. The lowest BCUT2D eigenvalue weighted by molar-refractivity contribution is 0.625. The molecule has 1 heterocycles. The van der Waals surface area contributed by atoms with Gasteiger partial charge in [-0.25, -0.2) is 0 Å². The molecule has 2 aromatic rings. The average molecular weight is 256 g/mol. The van der Waals surface area contributed by atoms with Crippen LogP contribution in [0, 0.1) is 0 Å². The number of aromatic nitrogens is 3. The van der Waals surface area contributed by atoms with Crippen molar-refractivity contribution in [1.29, 1.82) is 0 Å². The van der Waals surface area contributed by atoms with E-state index in [2.05, 4.69) is 35.4 Å². The van der Waals surface area contributed by atoms with Crippen molar-refractivity contribution in [3.05, 3.63) is 48.3 Å². The number of nitrogens with zero attached hydrogens (tertiary/aromatic N) is 3. The van der Waals surface area contributed by atoms with Gasteiger partial charge in [0.05, 0.1) is 11.9 Å². The number of hydrogen-bond donors (Lipinski definition) is 1. The van der Waals surface area contributed by atoms with Gasteiger partial charge >= 0.3 is 0 Å². The van der Waals surface area contributed by atoms with Gasteiger partial charge in [0.15, 0.2) is 0 Å². The summed E-state index contributed by atoms with van der Waals surface area (Å²) < 4.78 is 0. The maximum absolute atomic E-state index is 4.42. The second-order valence-corrected chi connectivity index (χ2v) is 4.50. The summed E-state index contributed by atoms with van der Waals surface area (Å²) in [6.45, 7) is 5.32. The van der Waals surface area contributed by atoms with E-state index in [1.54, 1.807) is 11.0 Å². The van der Waals surface area contributed by atoms with E-state index < -0.39 is 0 Å². The highest BCUT2D eigenvalue weighted by Gasteiger charge is 2.00. The molecule has 0 radical (unpaired) electrons. The van der Waals surface area contributed by atoms with Crippen LogP contribution in [0.2, 0.25) is 0 Å². The fourth-order valence-corrected chi connectivity index (χ4v) is 1.72. The largest absolute Gasteiger partial charge is 0.311 e.